The second kappa shape index (κ2) is 5.07. The van der Waals surface area contributed by atoms with Crippen molar-refractivity contribution in [3.63, 3.8) is 0 Å². The third kappa shape index (κ3) is 2.05. The highest BCUT2D eigenvalue weighted by Gasteiger charge is 2.16. The normalized spacial score (nSPS) is 11.0. The Bertz CT molecular complexity index is 942. The van der Waals surface area contributed by atoms with Gasteiger partial charge in [-0.25, -0.2) is 4.52 Å². The molecule has 0 aliphatic rings. The second-order valence-corrected chi connectivity index (χ2v) is 5.15. The summed E-state index contributed by atoms with van der Waals surface area (Å²) in [6.07, 6.45) is 5.56. The second-order valence-electron chi connectivity index (χ2n) is 5.15. The van der Waals surface area contributed by atoms with Crippen molar-refractivity contribution in [1.82, 2.24) is 19.6 Å². The lowest BCUT2D eigenvalue weighted by Crippen LogP contribution is -1.89. The summed E-state index contributed by atoms with van der Waals surface area (Å²) in [5, 5.41) is 4.73. The average molecular weight is 286 g/mol. The van der Waals surface area contributed by atoms with Crippen molar-refractivity contribution >= 4 is 5.52 Å². The lowest BCUT2D eigenvalue weighted by Gasteiger charge is -2.03. The van der Waals surface area contributed by atoms with Crippen LogP contribution in [0.4, 0.5) is 0 Å². The van der Waals surface area contributed by atoms with Gasteiger partial charge >= 0.3 is 0 Å². The van der Waals surface area contributed by atoms with Crippen molar-refractivity contribution in [3.8, 4) is 22.5 Å². The Morgan fingerprint density at radius 3 is 2.59 bits per heavy atom. The number of aromatic nitrogens is 4. The highest BCUT2D eigenvalue weighted by atomic mass is 15.2. The number of nitrogens with zero attached hydrogens (tertiary/aromatic N) is 4. The monoisotopic (exact) mass is 286 g/mol. The smallest absolute Gasteiger partial charge is 0.120 e. The first kappa shape index (κ1) is 12.7. The maximum Gasteiger partial charge on any atom is 0.120 e. The van der Waals surface area contributed by atoms with Crippen molar-refractivity contribution in [1.29, 1.82) is 0 Å². The Morgan fingerprint density at radius 1 is 0.909 bits per heavy atom. The molecule has 0 fully saturated rings. The fourth-order valence-electron chi connectivity index (χ4n) is 2.66. The summed E-state index contributed by atoms with van der Waals surface area (Å²) in [6, 6.07) is 16.1. The van der Waals surface area contributed by atoms with Crippen LogP contribution in [0.15, 0.2) is 67.1 Å². The van der Waals surface area contributed by atoms with E-state index in [0.717, 1.165) is 33.7 Å². The van der Waals surface area contributed by atoms with E-state index in [9.17, 15) is 0 Å². The molecule has 106 valence electrons. The van der Waals surface area contributed by atoms with E-state index in [0.29, 0.717) is 0 Å². The molecule has 4 rings (SSSR count). The minimum atomic E-state index is 0.885. The molecule has 4 heterocycles. The summed E-state index contributed by atoms with van der Waals surface area (Å²) in [4.78, 5) is 8.74. The molecule has 0 amide bonds. The van der Waals surface area contributed by atoms with Gasteiger partial charge in [-0.05, 0) is 48.9 Å². The highest BCUT2D eigenvalue weighted by Crippen LogP contribution is 2.33. The van der Waals surface area contributed by atoms with E-state index in [2.05, 4.69) is 16.0 Å². The lowest BCUT2D eigenvalue weighted by molar-refractivity contribution is 0.961. The number of rotatable bonds is 2. The van der Waals surface area contributed by atoms with E-state index >= 15 is 0 Å². The molecule has 22 heavy (non-hydrogen) atoms. The van der Waals surface area contributed by atoms with Gasteiger partial charge in [0.15, 0.2) is 0 Å². The molecule has 0 aliphatic heterocycles. The van der Waals surface area contributed by atoms with E-state index in [4.69, 9.17) is 5.10 Å². The molecule has 4 heteroatoms. The average Bonchev–Trinajstić information content (AvgIpc) is 2.95. The molecule has 0 aromatic carbocycles. The Labute approximate surface area is 128 Å². The van der Waals surface area contributed by atoms with Gasteiger partial charge in [-0.15, -0.1) is 0 Å². The molecule has 4 nitrogen and oxygen atoms in total. The molecule has 0 radical (unpaired) electrons. The van der Waals surface area contributed by atoms with Gasteiger partial charge in [0, 0.05) is 29.8 Å². The summed E-state index contributed by atoms with van der Waals surface area (Å²) in [5.74, 6) is 0. The van der Waals surface area contributed by atoms with Crippen LogP contribution in [-0.2, 0) is 0 Å². The van der Waals surface area contributed by atoms with Crippen LogP contribution in [0.25, 0.3) is 28.0 Å². The van der Waals surface area contributed by atoms with E-state index in [1.807, 2.05) is 60.1 Å². The molecule has 4 aromatic heterocycles. The molecule has 0 atom stereocenters. The minimum absolute atomic E-state index is 0.885. The van der Waals surface area contributed by atoms with Gasteiger partial charge in [0.05, 0.1) is 11.2 Å². The maximum absolute atomic E-state index is 4.73. The topological polar surface area (TPSA) is 43.1 Å². The van der Waals surface area contributed by atoms with Crippen LogP contribution in [0.5, 0.6) is 0 Å². The first-order chi connectivity index (χ1) is 10.8. The molecule has 0 unspecified atom stereocenters. The standard InChI is InChI=1S/C18H14N4/c1-13-5-4-6-15(20-13)18-17(14-8-10-19-11-9-14)16-7-2-3-12-22(16)21-18/h2-12H,1H3. The van der Waals surface area contributed by atoms with Crippen molar-refractivity contribution in [2.75, 3.05) is 0 Å². The molecular weight excluding hydrogens is 272 g/mol. The number of aryl methyl sites for hydroxylation is 1. The maximum atomic E-state index is 4.73. The summed E-state index contributed by atoms with van der Waals surface area (Å²) in [5.41, 5.74) is 5.99. The fourth-order valence-corrected chi connectivity index (χ4v) is 2.66. The van der Waals surface area contributed by atoms with Crippen LogP contribution < -0.4 is 0 Å². The zero-order valence-electron chi connectivity index (χ0n) is 12.1. The molecule has 0 saturated heterocycles. The fraction of sp³-hybridized carbons (Fsp3) is 0.0556. The van der Waals surface area contributed by atoms with Gasteiger partial charge in [0.2, 0.25) is 0 Å². The highest BCUT2D eigenvalue weighted by molar-refractivity contribution is 5.91. The first-order valence-corrected chi connectivity index (χ1v) is 7.15. The van der Waals surface area contributed by atoms with Gasteiger partial charge in [-0.1, -0.05) is 12.1 Å². The lowest BCUT2D eigenvalue weighted by atomic mass is 10.0. The minimum Gasteiger partial charge on any atom is -0.265 e. The van der Waals surface area contributed by atoms with Crippen LogP contribution >= 0.6 is 0 Å². The summed E-state index contributed by atoms with van der Waals surface area (Å²) in [6.45, 7) is 1.99. The molecule has 0 aliphatic carbocycles. The van der Waals surface area contributed by atoms with Crippen LogP contribution in [0.1, 0.15) is 5.69 Å². The molecule has 0 saturated carbocycles. The Balaban J connectivity index is 2.06. The van der Waals surface area contributed by atoms with Gasteiger partial charge in [-0.2, -0.15) is 5.10 Å². The Hall–Kier alpha value is -3.01. The van der Waals surface area contributed by atoms with Crippen LogP contribution in [-0.4, -0.2) is 19.6 Å². The number of fused-ring (bicyclic) bond motifs is 1. The zero-order chi connectivity index (χ0) is 14.9. The number of pyridine rings is 3. The van der Waals surface area contributed by atoms with E-state index in [-0.39, 0.29) is 0 Å². The molecule has 0 spiro atoms. The molecule has 0 bridgehead atoms. The van der Waals surface area contributed by atoms with E-state index in [1.54, 1.807) is 12.4 Å². The Kier molecular flexibility index (Phi) is 2.93. The molecule has 4 aromatic rings. The predicted octanol–water partition coefficient (Wildman–Crippen LogP) is 3.77. The third-order valence-corrected chi connectivity index (χ3v) is 3.64. The van der Waals surface area contributed by atoms with E-state index < -0.39 is 0 Å². The van der Waals surface area contributed by atoms with Gasteiger partial charge in [0.1, 0.15) is 5.69 Å². The quantitative estimate of drug-likeness (QED) is 0.563. The number of hydrogen-bond donors (Lipinski definition) is 0. The predicted molar refractivity (Wildman–Crippen MR) is 86.4 cm³/mol. The van der Waals surface area contributed by atoms with Gasteiger partial charge in [0.25, 0.3) is 0 Å². The van der Waals surface area contributed by atoms with Gasteiger partial charge < -0.3 is 0 Å². The van der Waals surface area contributed by atoms with Crippen LogP contribution in [0, 0.1) is 6.92 Å². The summed E-state index contributed by atoms with van der Waals surface area (Å²) >= 11 is 0. The van der Waals surface area contributed by atoms with Crippen molar-refractivity contribution in [3.05, 3.63) is 72.8 Å². The van der Waals surface area contributed by atoms with Crippen molar-refractivity contribution in [2.24, 2.45) is 0 Å². The van der Waals surface area contributed by atoms with Gasteiger partial charge in [-0.3, -0.25) is 9.97 Å². The number of hydrogen-bond acceptors (Lipinski definition) is 3. The third-order valence-electron chi connectivity index (χ3n) is 3.64. The summed E-state index contributed by atoms with van der Waals surface area (Å²) < 4.78 is 1.90. The van der Waals surface area contributed by atoms with Crippen molar-refractivity contribution < 1.29 is 0 Å². The molecule has 0 N–H and O–H groups in total. The van der Waals surface area contributed by atoms with Crippen LogP contribution in [0.2, 0.25) is 0 Å². The van der Waals surface area contributed by atoms with Crippen LogP contribution in [0.3, 0.4) is 0 Å². The van der Waals surface area contributed by atoms with Crippen molar-refractivity contribution in [2.45, 2.75) is 6.92 Å². The Morgan fingerprint density at radius 2 is 1.77 bits per heavy atom. The first-order valence-electron chi connectivity index (χ1n) is 7.15. The van der Waals surface area contributed by atoms with E-state index in [1.165, 1.54) is 0 Å². The molecular formula is C18H14N4. The zero-order valence-corrected chi connectivity index (χ0v) is 12.1. The largest absolute Gasteiger partial charge is 0.265 e. The summed E-state index contributed by atoms with van der Waals surface area (Å²) in [7, 11) is 0. The SMILES string of the molecule is Cc1cccc(-c2nn3ccccc3c2-c2ccncc2)n1.